The Morgan fingerprint density at radius 3 is 2.92 bits per heavy atom. The van der Waals surface area contributed by atoms with Crippen LogP contribution in [-0.4, -0.2) is 47.0 Å². The van der Waals surface area contributed by atoms with E-state index < -0.39 is 5.82 Å². The van der Waals surface area contributed by atoms with Gasteiger partial charge in [-0.3, -0.25) is 4.79 Å². The van der Waals surface area contributed by atoms with Crippen LogP contribution in [0.25, 0.3) is 0 Å². The molecule has 1 amide bonds. The van der Waals surface area contributed by atoms with Crippen LogP contribution in [0.4, 0.5) is 10.3 Å². The molecule has 1 aliphatic heterocycles. The summed E-state index contributed by atoms with van der Waals surface area (Å²) < 4.78 is 18.2. The summed E-state index contributed by atoms with van der Waals surface area (Å²) in [5, 5.41) is 3.16. The van der Waals surface area contributed by atoms with Crippen LogP contribution in [0.1, 0.15) is 23.2 Å². The van der Waals surface area contributed by atoms with Gasteiger partial charge in [-0.2, -0.15) is 9.37 Å². The van der Waals surface area contributed by atoms with Gasteiger partial charge in [-0.05, 0) is 25.0 Å². The van der Waals surface area contributed by atoms with Crippen molar-refractivity contribution in [3.05, 3.63) is 47.9 Å². The molecule has 1 aromatic carbocycles. The van der Waals surface area contributed by atoms with Crippen LogP contribution in [0.15, 0.2) is 36.5 Å². The molecule has 0 saturated carbocycles. The van der Waals surface area contributed by atoms with Crippen molar-refractivity contribution >= 4 is 11.9 Å². The summed E-state index contributed by atoms with van der Waals surface area (Å²) in [6, 6.07) is 9.23. The normalized spacial score (nSPS) is 17.4. The standard InChI is InChI=1S/C17H19FN4O2/c1-24-15-14(18)10-19-17(21-15)20-13-8-5-9-22(11-13)16(23)12-6-3-2-4-7-12/h2-4,6-7,10,13H,5,8-9,11H2,1H3,(H,19,20,21). The molecule has 0 aliphatic carbocycles. The number of hydrogen-bond acceptors (Lipinski definition) is 5. The van der Waals surface area contributed by atoms with Crippen molar-refractivity contribution in [3.8, 4) is 5.88 Å². The number of methoxy groups -OCH3 is 1. The van der Waals surface area contributed by atoms with Crippen molar-refractivity contribution < 1.29 is 13.9 Å². The van der Waals surface area contributed by atoms with Crippen LogP contribution in [0.3, 0.4) is 0 Å². The summed E-state index contributed by atoms with van der Waals surface area (Å²) in [6.07, 6.45) is 2.85. The fourth-order valence-corrected chi connectivity index (χ4v) is 2.79. The van der Waals surface area contributed by atoms with E-state index in [1.807, 2.05) is 35.2 Å². The van der Waals surface area contributed by atoms with Crippen molar-refractivity contribution in [3.63, 3.8) is 0 Å². The Morgan fingerprint density at radius 1 is 1.38 bits per heavy atom. The number of carbonyl (C=O) groups is 1. The average Bonchev–Trinajstić information content (AvgIpc) is 2.63. The molecular weight excluding hydrogens is 311 g/mol. The molecule has 3 rings (SSSR count). The number of hydrogen-bond donors (Lipinski definition) is 1. The van der Waals surface area contributed by atoms with Crippen LogP contribution in [0.5, 0.6) is 5.88 Å². The summed E-state index contributed by atoms with van der Waals surface area (Å²) in [7, 11) is 1.36. The number of ether oxygens (including phenoxy) is 1. The average molecular weight is 330 g/mol. The number of rotatable bonds is 4. The molecule has 1 N–H and O–H groups in total. The molecular formula is C17H19FN4O2. The number of nitrogens with zero attached hydrogens (tertiary/aromatic N) is 3. The molecule has 0 spiro atoms. The molecule has 1 fully saturated rings. The van der Waals surface area contributed by atoms with Gasteiger partial charge in [0.15, 0.2) is 0 Å². The lowest BCUT2D eigenvalue weighted by atomic mass is 10.0. The van der Waals surface area contributed by atoms with Crippen molar-refractivity contribution in [2.45, 2.75) is 18.9 Å². The van der Waals surface area contributed by atoms with Gasteiger partial charge >= 0.3 is 0 Å². The first-order valence-electron chi connectivity index (χ1n) is 7.85. The summed E-state index contributed by atoms with van der Waals surface area (Å²) in [6.45, 7) is 1.27. The Balaban J connectivity index is 1.66. The molecule has 0 radical (unpaired) electrons. The predicted octanol–water partition coefficient (Wildman–Crippen LogP) is 2.34. The summed E-state index contributed by atoms with van der Waals surface area (Å²) in [5.41, 5.74) is 0.679. The van der Waals surface area contributed by atoms with Gasteiger partial charge < -0.3 is 15.0 Å². The third-order valence-corrected chi connectivity index (χ3v) is 3.97. The Kier molecular flexibility index (Phi) is 4.88. The Hall–Kier alpha value is -2.70. The summed E-state index contributed by atoms with van der Waals surface area (Å²) in [5.74, 6) is -0.389. The minimum atomic E-state index is -0.604. The van der Waals surface area contributed by atoms with Crippen LogP contribution in [0, 0.1) is 5.82 Å². The first kappa shape index (κ1) is 16.2. The zero-order valence-corrected chi connectivity index (χ0v) is 13.4. The maximum atomic E-state index is 13.4. The van der Waals surface area contributed by atoms with Crippen molar-refractivity contribution in [2.24, 2.45) is 0 Å². The molecule has 1 aromatic heterocycles. The monoisotopic (exact) mass is 330 g/mol. The van der Waals surface area contributed by atoms with E-state index in [1.165, 1.54) is 7.11 Å². The highest BCUT2D eigenvalue weighted by Crippen LogP contribution is 2.18. The van der Waals surface area contributed by atoms with Crippen LogP contribution in [0.2, 0.25) is 0 Å². The van der Waals surface area contributed by atoms with E-state index in [1.54, 1.807) is 0 Å². The third-order valence-electron chi connectivity index (χ3n) is 3.97. The number of likely N-dealkylation sites (tertiary alicyclic amines) is 1. The zero-order valence-electron chi connectivity index (χ0n) is 13.4. The van der Waals surface area contributed by atoms with Gasteiger partial charge in [-0.25, -0.2) is 4.98 Å². The van der Waals surface area contributed by atoms with Crippen molar-refractivity contribution in [1.82, 2.24) is 14.9 Å². The second kappa shape index (κ2) is 7.25. The maximum absolute atomic E-state index is 13.4. The lowest BCUT2D eigenvalue weighted by Gasteiger charge is -2.33. The largest absolute Gasteiger partial charge is 0.479 e. The second-order valence-electron chi connectivity index (χ2n) is 5.65. The number of piperidine rings is 1. The van der Waals surface area contributed by atoms with Gasteiger partial charge in [0, 0.05) is 24.7 Å². The lowest BCUT2D eigenvalue weighted by Crippen LogP contribution is -2.45. The Bertz CT molecular complexity index is 711. The SMILES string of the molecule is COc1nc(NC2CCCN(C(=O)c3ccccc3)C2)ncc1F. The molecule has 0 bridgehead atoms. The summed E-state index contributed by atoms with van der Waals surface area (Å²) in [4.78, 5) is 22.3. The molecule has 2 aromatic rings. The predicted molar refractivity (Wildman–Crippen MR) is 87.5 cm³/mol. The molecule has 24 heavy (non-hydrogen) atoms. The first-order chi connectivity index (χ1) is 11.7. The minimum absolute atomic E-state index is 0.0136. The van der Waals surface area contributed by atoms with Gasteiger partial charge in [0.1, 0.15) is 0 Å². The third kappa shape index (κ3) is 3.61. The van der Waals surface area contributed by atoms with Crippen LogP contribution < -0.4 is 10.1 Å². The molecule has 7 heteroatoms. The van der Waals surface area contributed by atoms with Gasteiger partial charge in [-0.15, -0.1) is 0 Å². The fourth-order valence-electron chi connectivity index (χ4n) is 2.79. The molecule has 1 saturated heterocycles. The number of nitrogens with one attached hydrogen (secondary N) is 1. The van der Waals surface area contributed by atoms with Crippen molar-refractivity contribution in [1.29, 1.82) is 0 Å². The van der Waals surface area contributed by atoms with Crippen LogP contribution in [-0.2, 0) is 0 Å². The second-order valence-corrected chi connectivity index (χ2v) is 5.65. The molecule has 1 atom stereocenters. The van der Waals surface area contributed by atoms with E-state index in [0.717, 1.165) is 25.6 Å². The van der Waals surface area contributed by atoms with E-state index in [0.29, 0.717) is 18.1 Å². The molecule has 126 valence electrons. The number of aromatic nitrogens is 2. The number of carbonyl (C=O) groups excluding carboxylic acids is 1. The van der Waals surface area contributed by atoms with Crippen LogP contribution >= 0.6 is 0 Å². The van der Waals surface area contributed by atoms with E-state index in [4.69, 9.17) is 4.74 Å². The topological polar surface area (TPSA) is 67.3 Å². The highest BCUT2D eigenvalue weighted by Gasteiger charge is 2.25. The molecule has 6 nitrogen and oxygen atoms in total. The Labute approximate surface area is 139 Å². The number of anilines is 1. The van der Waals surface area contributed by atoms with E-state index in [9.17, 15) is 9.18 Å². The minimum Gasteiger partial charge on any atom is -0.479 e. The zero-order chi connectivity index (χ0) is 16.9. The Morgan fingerprint density at radius 2 is 2.17 bits per heavy atom. The van der Waals surface area contributed by atoms with Crippen molar-refractivity contribution in [2.75, 3.05) is 25.5 Å². The highest BCUT2D eigenvalue weighted by molar-refractivity contribution is 5.94. The summed E-state index contributed by atoms with van der Waals surface area (Å²) >= 11 is 0. The van der Waals surface area contributed by atoms with Gasteiger partial charge in [0.05, 0.1) is 13.3 Å². The molecule has 1 unspecified atom stereocenters. The highest BCUT2D eigenvalue weighted by atomic mass is 19.1. The van der Waals surface area contributed by atoms with E-state index >= 15 is 0 Å². The smallest absolute Gasteiger partial charge is 0.255 e. The number of benzene rings is 1. The fraction of sp³-hybridized carbons (Fsp3) is 0.353. The quantitative estimate of drug-likeness (QED) is 0.932. The lowest BCUT2D eigenvalue weighted by molar-refractivity contribution is 0.0714. The van der Waals surface area contributed by atoms with Gasteiger partial charge in [0.25, 0.3) is 11.8 Å². The number of halogens is 1. The van der Waals surface area contributed by atoms with E-state index in [-0.39, 0.29) is 17.8 Å². The van der Waals surface area contributed by atoms with Gasteiger partial charge in [0.2, 0.25) is 11.8 Å². The van der Waals surface area contributed by atoms with E-state index in [2.05, 4.69) is 15.3 Å². The van der Waals surface area contributed by atoms with Gasteiger partial charge in [-0.1, -0.05) is 18.2 Å². The first-order valence-corrected chi connectivity index (χ1v) is 7.85. The molecule has 2 heterocycles. The maximum Gasteiger partial charge on any atom is 0.255 e. The number of amides is 1. The molecule has 1 aliphatic rings.